The number of fused-ring (bicyclic) bond motifs is 1. The van der Waals surface area contributed by atoms with Crippen molar-refractivity contribution in [2.75, 3.05) is 20.2 Å². The van der Waals surface area contributed by atoms with E-state index in [4.69, 9.17) is 21.1 Å². The van der Waals surface area contributed by atoms with Crippen molar-refractivity contribution < 1.29 is 14.3 Å². The van der Waals surface area contributed by atoms with Gasteiger partial charge < -0.3 is 14.4 Å². The van der Waals surface area contributed by atoms with Crippen molar-refractivity contribution in [3.63, 3.8) is 0 Å². The van der Waals surface area contributed by atoms with Gasteiger partial charge in [0.25, 0.3) is 5.91 Å². The van der Waals surface area contributed by atoms with Crippen molar-refractivity contribution in [3.8, 4) is 5.75 Å². The highest BCUT2D eigenvalue weighted by Gasteiger charge is 2.30. The summed E-state index contributed by atoms with van der Waals surface area (Å²) in [6, 6.07) is 7.19. The van der Waals surface area contributed by atoms with E-state index in [1.165, 1.54) is 0 Å². The number of aromatic amines is 1. The lowest BCUT2D eigenvalue weighted by Crippen LogP contribution is -2.32. The van der Waals surface area contributed by atoms with Gasteiger partial charge in [-0.15, -0.1) is 0 Å². The van der Waals surface area contributed by atoms with Gasteiger partial charge in [-0.3, -0.25) is 9.89 Å². The molecule has 1 aromatic heterocycles. The van der Waals surface area contributed by atoms with Gasteiger partial charge in [-0.05, 0) is 32.0 Å². The average Bonchev–Trinajstić information content (AvgIpc) is 2.98. The predicted octanol–water partition coefficient (Wildman–Crippen LogP) is 3.24. The Labute approximate surface area is 152 Å². The first kappa shape index (κ1) is 17.8. The first-order valence-electron chi connectivity index (χ1n) is 8.32. The Balaban J connectivity index is 1.61. The Hall–Kier alpha value is -2.05. The molecule has 0 fully saturated rings. The number of amides is 1. The maximum absolute atomic E-state index is 12.7. The van der Waals surface area contributed by atoms with Gasteiger partial charge >= 0.3 is 0 Å². The molecule has 1 amide bonds. The molecule has 0 saturated carbocycles. The molecule has 1 aromatic carbocycles. The molecule has 0 saturated heterocycles. The summed E-state index contributed by atoms with van der Waals surface area (Å²) in [6.45, 7) is 4.80. The molecule has 2 heterocycles. The van der Waals surface area contributed by atoms with Crippen molar-refractivity contribution in [3.05, 3.63) is 46.2 Å². The highest BCUT2D eigenvalue weighted by molar-refractivity contribution is 6.30. The van der Waals surface area contributed by atoms with Gasteiger partial charge in [-0.25, -0.2) is 0 Å². The van der Waals surface area contributed by atoms with Gasteiger partial charge in [-0.1, -0.05) is 17.7 Å². The fourth-order valence-electron chi connectivity index (χ4n) is 2.99. The van der Waals surface area contributed by atoms with Crippen LogP contribution >= 0.6 is 11.6 Å². The quantitative estimate of drug-likeness (QED) is 0.885. The number of likely N-dealkylation sites (N-methyl/N-ethyl adjacent to an activating group) is 1. The molecule has 1 N–H and O–H groups in total. The highest BCUT2D eigenvalue weighted by atomic mass is 35.5. The summed E-state index contributed by atoms with van der Waals surface area (Å²) in [5, 5.41) is 7.80. The second-order valence-electron chi connectivity index (χ2n) is 6.29. The molecule has 1 aliphatic rings. The predicted molar refractivity (Wildman–Crippen MR) is 95.2 cm³/mol. The number of carbonyl (C=O) groups is 1. The van der Waals surface area contributed by atoms with Crippen LogP contribution in [0.5, 0.6) is 5.75 Å². The fraction of sp³-hybridized carbons (Fsp3) is 0.444. The van der Waals surface area contributed by atoms with Crippen LogP contribution in [0.15, 0.2) is 24.3 Å². The molecule has 0 bridgehead atoms. The maximum atomic E-state index is 12.7. The summed E-state index contributed by atoms with van der Waals surface area (Å²) < 4.78 is 11.4. The minimum Gasteiger partial charge on any atom is -0.492 e. The summed E-state index contributed by atoms with van der Waals surface area (Å²) in [7, 11) is 1.75. The minimum absolute atomic E-state index is 0.0723. The Kier molecular flexibility index (Phi) is 5.30. The molecule has 3 rings (SSSR count). The second kappa shape index (κ2) is 7.45. The number of aromatic nitrogens is 2. The minimum atomic E-state index is -0.117. The number of rotatable bonds is 5. The van der Waals surface area contributed by atoms with Crippen LogP contribution in [-0.4, -0.2) is 47.3 Å². The third-order valence-electron chi connectivity index (χ3n) is 4.27. The van der Waals surface area contributed by atoms with Gasteiger partial charge in [0.05, 0.1) is 24.4 Å². The molecule has 7 heteroatoms. The van der Waals surface area contributed by atoms with Gasteiger partial charge in [0.1, 0.15) is 12.4 Å². The smallest absolute Gasteiger partial charge is 0.274 e. The van der Waals surface area contributed by atoms with Crippen LogP contribution < -0.4 is 4.74 Å². The van der Waals surface area contributed by atoms with Crippen molar-refractivity contribution in [2.45, 2.75) is 32.5 Å². The molecule has 0 spiro atoms. The zero-order valence-corrected chi connectivity index (χ0v) is 15.3. The molecule has 0 aliphatic carbocycles. The number of carbonyl (C=O) groups excluding carboxylic acids is 1. The Morgan fingerprint density at radius 1 is 1.48 bits per heavy atom. The molecule has 25 heavy (non-hydrogen) atoms. The largest absolute Gasteiger partial charge is 0.492 e. The van der Waals surface area contributed by atoms with E-state index < -0.39 is 0 Å². The molecule has 2 atom stereocenters. The van der Waals surface area contributed by atoms with E-state index in [1.54, 1.807) is 24.1 Å². The average molecular weight is 364 g/mol. The van der Waals surface area contributed by atoms with Crippen molar-refractivity contribution >= 4 is 17.5 Å². The lowest BCUT2D eigenvalue weighted by atomic mass is 9.99. The molecule has 6 nitrogen and oxygen atoms in total. The number of hydrogen-bond donors (Lipinski definition) is 1. The summed E-state index contributed by atoms with van der Waals surface area (Å²) in [5.74, 6) is 0.568. The molecule has 134 valence electrons. The van der Waals surface area contributed by atoms with Crippen molar-refractivity contribution in [2.24, 2.45) is 0 Å². The van der Waals surface area contributed by atoms with Crippen LogP contribution in [0.2, 0.25) is 5.02 Å². The van der Waals surface area contributed by atoms with E-state index in [9.17, 15) is 4.79 Å². The monoisotopic (exact) mass is 363 g/mol. The maximum Gasteiger partial charge on any atom is 0.274 e. The van der Waals surface area contributed by atoms with E-state index in [0.717, 1.165) is 11.3 Å². The van der Waals surface area contributed by atoms with Crippen molar-refractivity contribution in [1.82, 2.24) is 15.1 Å². The van der Waals surface area contributed by atoms with Crippen LogP contribution in [0.3, 0.4) is 0 Å². The molecular formula is C18H22ClN3O3. The first-order chi connectivity index (χ1) is 12.0. The summed E-state index contributed by atoms with van der Waals surface area (Å²) in [4.78, 5) is 14.3. The molecule has 2 aromatic rings. The summed E-state index contributed by atoms with van der Waals surface area (Å²) in [5.41, 5.74) is 2.33. The van der Waals surface area contributed by atoms with Crippen LogP contribution in [0.4, 0.5) is 0 Å². The SMILES string of the molecule is C[C@@H]1Cc2c(C(=O)N(C)CCOc3cccc(Cl)c3)n[nH]c2[C@H](C)O1. The zero-order chi connectivity index (χ0) is 18.0. The third kappa shape index (κ3) is 3.96. The number of nitrogens with one attached hydrogen (secondary N) is 1. The van der Waals surface area contributed by atoms with Gasteiger partial charge in [-0.2, -0.15) is 5.10 Å². The normalized spacial score (nSPS) is 19.4. The van der Waals surface area contributed by atoms with Crippen LogP contribution in [0, 0.1) is 0 Å². The topological polar surface area (TPSA) is 67.5 Å². The van der Waals surface area contributed by atoms with E-state index in [0.29, 0.717) is 36.0 Å². The number of halogens is 1. The van der Waals surface area contributed by atoms with E-state index in [1.807, 2.05) is 26.0 Å². The number of benzene rings is 1. The number of ether oxygens (including phenoxy) is 2. The van der Waals surface area contributed by atoms with Gasteiger partial charge in [0.2, 0.25) is 0 Å². The van der Waals surface area contributed by atoms with E-state index in [2.05, 4.69) is 10.2 Å². The number of hydrogen-bond acceptors (Lipinski definition) is 4. The van der Waals surface area contributed by atoms with E-state index in [-0.39, 0.29) is 18.1 Å². The molecular weight excluding hydrogens is 342 g/mol. The standard InChI is InChI=1S/C18H22ClN3O3/c1-11-9-15-16(12(2)25-11)20-21-17(15)18(23)22(3)7-8-24-14-6-4-5-13(19)10-14/h4-6,10-12H,7-9H2,1-3H3,(H,20,21)/t11-,12+/m1/s1. The fourth-order valence-corrected chi connectivity index (χ4v) is 3.17. The molecule has 0 radical (unpaired) electrons. The van der Waals surface area contributed by atoms with Crippen LogP contribution in [-0.2, 0) is 11.2 Å². The first-order valence-corrected chi connectivity index (χ1v) is 8.70. The Morgan fingerprint density at radius 2 is 2.28 bits per heavy atom. The summed E-state index contributed by atoms with van der Waals surface area (Å²) >= 11 is 5.93. The lowest BCUT2D eigenvalue weighted by molar-refractivity contribution is -0.00701. The third-order valence-corrected chi connectivity index (χ3v) is 4.51. The van der Waals surface area contributed by atoms with Crippen LogP contribution in [0.1, 0.15) is 41.7 Å². The molecule has 0 unspecified atom stereocenters. The van der Waals surface area contributed by atoms with Crippen molar-refractivity contribution in [1.29, 1.82) is 0 Å². The molecule has 1 aliphatic heterocycles. The van der Waals surface area contributed by atoms with Crippen LogP contribution in [0.25, 0.3) is 0 Å². The Morgan fingerprint density at radius 3 is 3.04 bits per heavy atom. The van der Waals surface area contributed by atoms with E-state index >= 15 is 0 Å². The second-order valence-corrected chi connectivity index (χ2v) is 6.73. The highest BCUT2D eigenvalue weighted by Crippen LogP contribution is 2.30. The van der Waals surface area contributed by atoms with Gasteiger partial charge in [0.15, 0.2) is 5.69 Å². The van der Waals surface area contributed by atoms with Gasteiger partial charge in [0, 0.05) is 24.1 Å². The zero-order valence-electron chi connectivity index (χ0n) is 14.6. The Bertz CT molecular complexity index is 762. The number of H-pyrrole nitrogens is 1. The lowest BCUT2D eigenvalue weighted by Gasteiger charge is -2.25. The summed E-state index contributed by atoms with van der Waals surface area (Å²) in [6.07, 6.45) is 0.678. The number of nitrogens with zero attached hydrogens (tertiary/aromatic N) is 2.